The van der Waals surface area contributed by atoms with Crippen molar-refractivity contribution in [2.45, 2.75) is 13.3 Å². The Kier molecular flexibility index (Phi) is 4.15. The largest absolute Gasteiger partial charge is 0.322 e. The van der Waals surface area contributed by atoms with Crippen LogP contribution in [0.1, 0.15) is 22.8 Å². The van der Waals surface area contributed by atoms with Crippen molar-refractivity contribution in [1.82, 2.24) is 0 Å². The molecule has 0 aromatic heterocycles. The van der Waals surface area contributed by atoms with Crippen molar-refractivity contribution < 1.29 is 4.79 Å². The van der Waals surface area contributed by atoms with E-state index >= 15 is 0 Å². The molecule has 0 aliphatic rings. The Labute approximate surface area is 115 Å². The summed E-state index contributed by atoms with van der Waals surface area (Å²) in [6.07, 6.45) is 1.00. The monoisotopic (exact) mass is 303 g/mol. The zero-order valence-electron chi connectivity index (χ0n) is 10.1. The van der Waals surface area contributed by atoms with Crippen LogP contribution in [-0.4, -0.2) is 5.91 Å². The molecule has 2 aromatic carbocycles. The molecule has 0 aliphatic carbocycles. The van der Waals surface area contributed by atoms with Crippen LogP contribution in [0.5, 0.6) is 0 Å². The number of benzene rings is 2. The van der Waals surface area contributed by atoms with Crippen LogP contribution in [0.3, 0.4) is 0 Å². The molecule has 0 radical (unpaired) electrons. The minimum absolute atomic E-state index is 0.0910. The highest BCUT2D eigenvalue weighted by Gasteiger charge is 2.05. The summed E-state index contributed by atoms with van der Waals surface area (Å²) in [4.78, 5) is 12.0. The third-order valence-electron chi connectivity index (χ3n) is 2.73. The summed E-state index contributed by atoms with van der Waals surface area (Å²) in [6, 6.07) is 15.2. The SMILES string of the molecule is CCc1ccc(NC(=O)c2ccc(Br)cc2)cc1. The highest BCUT2D eigenvalue weighted by atomic mass is 79.9. The third-order valence-corrected chi connectivity index (χ3v) is 3.26. The molecule has 92 valence electrons. The van der Waals surface area contributed by atoms with Crippen LogP contribution >= 0.6 is 15.9 Å². The summed E-state index contributed by atoms with van der Waals surface area (Å²) in [5.74, 6) is -0.0910. The smallest absolute Gasteiger partial charge is 0.255 e. The fourth-order valence-electron chi connectivity index (χ4n) is 1.63. The van der Waals surface area contributed by atoms with E-state index in [0.29, 0.717) is 5.56 Å². The first-order valence-corrected chi connectivity index (χ1v) is 6.64. The first-order chi connectivity index (χ1) is 8.69. The molecule has 0 spiro atoms. The number of rotatable bonds is 3. The first kappa shape index (κ1) is 12.8. The molecule has 0 heterocycles. The number of aryl methyl sites for hydroxylation is 1. The number of carbonyl (C=O) groups is 1. The van der Waals surface area contributed by atoms with Gasteiger partial charge < -0.3 is 5.32 Å². The maximum atomic E-state index is 12.0. The second-order valence-electron chi connectivity index (χ2n) is 4.01. The van der Waals surface area contributed by atoms with Crippen molar-refractivity contribution in [3.8, 4) is 0 Å². The van der Waals surface area contributed by atoms with E-state index < -0.39 is 0 Å². The average Bonchev–Trinajstić information content (AvgIpc) is 2.40. The van der Waals surface area contributed by atoms with Gasteiger partial charge in [0, 0.05) is 15.7 Å². The normalized spacial score (nSPS) is 10.1. The van der Waals surface area contributed by atoms with Crippen LogP contribution in [0.25, 0.3) is 0 Å². The van der Waals surface area contributed by atoms with Gasteiger partial charge >= 0.3 is 0 Å². The van der Waals surface area contributed by atoms with Crippen LogP contribution in [-0.2, 0) is 6.42 Å². The van der Waals surface area contributed by atoms with Gasteiger partial charge in [-0.25, -0.2) is 0 Å². The summed E-state index contributed by atoms with van der Waals surface area (Å²) >= 11 is 3.35. The molecule has 2 aromatic rings. The van der Waals surface area contributed by atoms with Crippen LogP contribution < -0.4 is 5.32 Å². The second kappa shape index (κ2) is 5.83. The molecule has 2 nitrogen and oxygen atoms in total. The number of hydrogen-bond acceptors (Lipinski definition) is 1. The number of carbonyl (C=O) groups excluding carboxylic acids is 1. The lowest BCUT2D eigenvalue weighted by molar-refractivity contribution is 0.102. The predicted octanol–water partition coefficient (Wildman–Crippen LogP) is 4.26. The highest BCUT2D eigenvalue weighted by Crippen LogP contribution is 2.14. The zero-order chi connectivity index (χ0) is 13.0. The predicted molar refractivity (Wildman–Crippen MR) is 77.9 cm³/mol. The third kappa shape index (κ3) is 3.20. The molecular formula is C15H14BrNO. The highest BCUT2D eigenvalue weighted by molar-refractivity contribution is 9.10. The summed E-state index contributed by atoms with van der Waals surface area (Å²) in [5.41, 5.74) is 2.73. The van der Waals surface area contributed by atoms with Gasteiger partial charge in [0.2, 0.25) is 0 Å². The molecule has 1 amide bonds. The lowest BCUT2D eigenvalue weighted by atomic mass is 10.1. The topological polar surface area (TPSA) is 29.1 Å². The summed E-state index contributed by atoms with van der Waals surface area (Å²) in [6.45, 7) is 2.11. The van der Waals surface area contributed by atoms with Crippen molar-refractivity contribution in [3.05, 3.63) is 64.1 Å². The summed E-state index contributed by atoms with van der Waals surface area (Å²) < 4.78 is 0.964. The van der Waals surface area contributed by atoms with Crippen molar-refractivity contribution in [2.24, 2.45) is 0 Å². The quantitative estimate of drug-likeness (QED) is 0.901. The number of halogens is 1. The molecule has 0 fully saturated rings. The molecule has 2 rings (SSSR count). The number of hydrogen-bond donors (Lipinski definition) is 1. The van der Waals surface area contributed by atoms with Crippen LogP contribution in [0.15, 0.2) is 53.0 Å². The van der Waals surface area contributed by atoms with Gasteiger partial charge in [0.05, 0.1) is 0 Å². The molecule has 0 aliphatic heterocycles. The van der Waals surface area contributed by atoms with Crippen LogP contribution in [0.4, 0.5) is 5.69 Å². The van der Waals surface area contributed by atoms with E-state index in [1.807, 2.05) is 36.4 Å². The zero-order valence-corrected chi connectivity index (χ0v) is 11.7. The Bertz CT molecular complexity index is 531. The maximum Gasteiger partial charge on any atom is 0.255 e. The Morgan fingerprint density at radius 2 is 1.67 bits per heavy atom. The first-order valence-electron chi connectivity index (χ1n) is 5.85. The number of nitrogens with one attached hydrogen (secondary N) is 1. The maximum absolute atomic E-state index is 12.0. The molecule has 0 unspecified atom stereocenters. The van der Waals surface area contributed by atoms with Gasteiger partial charge in [0.1, 0.15) is 0 Å². The standard InChI is InChI=1S/C15H14BrNO/c1-2-11-3-9-14(10-4-11)17-15(18)12-5-7-13(16)8-6-12/h3-10H,2H2,1H3,(H,17,18). The Morgan fingerprint density at radius 3 is 2.22 bits per heavy atom. The molecule has 3 heteroatoms. The van der Waals surface area contributed by atoms with E-state index in [9.17, 15) is 4.79 Å². The fraction of sp³-hybridized carbons (Fsp3) is 0.133. The second-order valence-corrected chi connectivity index (χ2v) is 4.93. The van der Waals surface area contributed by atoms with Crippen molar-refractivity contribution >= 4 is 27.5 Å². The summed E-state index contributed by atoms with van der Waals surface area (Å²) in [5, 5.41) is 2.87. The minimum Gasteiger partial charge on any atom is -0.322 e. The molecule has 0 saturated heterocycles. The molecule has 0 atom stereocenters. The fourth-order valence-corrected chi connectivity index (χ4v) is 1.89. The van der Waals surface area contributed by atoms with E-state index in [1.54, 1.807) is 12.1 Å². The van der Waals surface area contributed by atoms with Crippen LogP contribution in [0, 0.1) is 0 Å². The minimum atomic E-state index is -0.0910. The van der Waals surface area contributed by atoms with Gasteiger partial charge in [0.15, 0.2) is 0 Å². The molecule has 0 bridgehead atoms. The molecule has 18 heavy (non-hydrogen) atoms. The van der Waals surface area contributed by atoms with E-state index in [0.717, 1.165) is 16.6 Å². The van der Waals surface area contributed by atoms with Crippen molar-refractivity contribution in [3.63, 3.8) is 0 Å². The van der Waals surface area contributed by atoms with Crippen LogP contribution in [0.2, 0.25) is 0 Å². The molecule has 0 saturated carbocycles. The number of amides is 1. The van der Waals surface area contributed by atoms with E-state index in [1.165, 1.54) is 5.56 Å². The van der Waals surface area contributed by atoms with Gasteiger partial charge in [-0.15, -0.1) is 0 Å². The Balaban J connectivity index is 2.08. The van der Waals surface area contributed by atoms with Gasteiger partial charge in [-0.1, -0.05) is 35.0 Å². The summed E-state index contributed by atoms with van der Waals surface area (Å²) in [7, 11) is 0. The molecular weight excluding hydrogens is 290 g/mol. The lowest BCUT2D eigenvalue weighted by Gasteiger charge is -2.06. The Morgan fingerprint density at radius 1 is 1.06 bits per heavy atom. The van der Waals surface area contributed by atoms with E-state index in [2.05, 4.69) is 28.2 Å². The van der Waals surface area contributed by atoms with E-state index in [-0.39, 0.29) is 5.91 Å². The average molecular weight is 304 g/mol. The van der Waals surface area contributed by atoms with E-state index in [4.69, 9.17) is 0 Å². The van der Waals surface area contributed by atoms with Crippen molar-refractivity contribution in [2.75, 3.05) is 5.32 Å². The lowest BCUT2D eigenvalue weighted by Crippen LogP contribution is -2.11. The van der Waals surface area contributed by atoms with Gasteiger partial charge in [-0.2, -0.15) is 0 Å². The Hall–Kier alpha value is -1.61. The van der Waals surface area contributed by atoms with Gasteiger partial charge in [-0.05, 0) is 48.4 Å². The van der Waals surface area contributed by atoms with Gasteiger partial charge in [0.25, 0.3) is 5.91 Å². The molecule has 1 N–H and O–H groups in total. The van der Waals surface area contributed by atoms with Gasteiger partial charge in [-0.3, -0.25) is 4.79 Å². The number of anilines is 1. The van der Waals surface area contributed by atoms with Crippen molar-refractivity contribution in [1.29, 1.82) is 0 Å².